The van der Waals surface area contributed by atoms with E-state index in [4.69, 9.17) is 20.1 Å². The Balaban J connectivity index is 0.000000269. The van der Waals surface area contributed by atoms with Crippen molar-refractivity contribution < 1.29 is 19.2 Å². The number of aromatic nitrogens is 1. The molecule has 0 atom stereocenters. The van der Waals surface area contributed by atoms with Gasteiger partial charge < -0.3 is 20.1 Å². The van der Waals surface area contributed by atoms with Gasteiger partial charge in [-0.1, -0.05) is 18.2 Å². The number of anilines is 1. The number of rotatable bonds is 2. The van der Waals surface area contributed by atoms with Crippen LogP contribution in [0.5, 0.6) is 0 Å². The number of carboxylic acids is 1. The van der Waals surface area contributed by atoms with Crippen LogP contribution in [0.15, 0.2) is 48.7 Å². The molecule has 0 saturated carbocycles. The summed E-state index contributed by atoms with van der Waals surface area (Å²) in [5.41, 5.74) is 5.57. The molecule has 0 unspecified atom stereocenters. The summed E-state index contributed by atoms with van der Waals surface area (Å²) in [6, 6.07) is 12.0. The van der Waals surface area contributed by atoms with E-state index in [-0.39, 0.29) is 16.8 Å². The number of nitrogens with two attached hydrogens (primary N) is 1. The highest BCUT2D eigenvalue weighted by atomic mass is 16.7. The number of hydrogen-bond donors (Lipinski definition) is 2. The molecule has 1 saturated heterocycles. The molecule has 1 fully saturated rings. The van der Waals surface area contributed by atoms with Crippen molar-refractivity contribution in [2.75, 3.05) is 5.73 Å². The molecule has 3 N–H and O–H groups in total. The Bertz CT molecular complexity index is 702. The van der Waals surface area contributed by atoms with Crippen LogP contribution in [0.25, 0.3) is 0 Å². The van der Waals surface area contributed by atoms with E-state index in [0.717, 1.165) is 5.46 Å². The lowest BCUT2D eigenvalue weighted by atomic mass is 9.79. The number of aromatic carboxylic acids is 1. The molecular formula is C18H23BN2O4. The van der Waals surface area contributed by atoms with E-state index in [0.29, 0.717) is 5.82 Å². The summed E-state index contributed by atoms with van der Waals surface area (Å²) >= 11 is 0. The van der Waals surface area contributed by atoms with E-state index >= 15 is 0 Å². The predicted octanol–water partition coefficient (Wildman–Crippen LogP) is 2.35. The smallest absolute Gasteiger partial charge is 0.478 e. The number of carboxylic acid groups (broad SMARTS) is 1. The van der Waals surface area contributed by atoms with E-state index < -0.39 is 13.1 Å². The molecule has 1 aromatic heterocycles. The minimum Gasteiger partial charge on any atom is -0.478 e. The zero-order valence-electron chi connectivity index (χ0n) is 14.9. The minimum atomic E-state index is -0.935. The van der Waals surface area contributed by atoms with E-state index in [1.54, 1.807) is 36.5 Å². The Hall–Kier alpha value is -2.38. The Morgan fingerprint density at radius 1 is 1.04 bits per heavy atom. The van der Waals surface area contributed by atoms with Gasteiger partial charge >= 0.3 is 13.1 Å². The maximum atomic E-state index is 10.8. The fourth-order valence-electron chi connectivity index (χ4n) is 2.14. The number of nitrogens with zero attached hydrogens (tertiary/aromatic N) is 1. The molecule has 2 aromatic rings. The zero-order chi connectivity index (χ0) is 18.7. The highest BCUT2D eigenvalue weighted by Gasteiger charge is 2.51. The van der Waals surface area contributed by atoms with Gasteiger partial charge in [0.2, 0.25) is 0 Å². The van der Waals surface area contributed by atoms with E-state index in [1.165, 1.54) is 0 Å². The summed E-state index contributed by atoms with van der Waals surface area (Å²) in [5, 5.41) is 8.84. The molecule has 25 heavy (non-hydrogen) atoms. The van der Waals surface area contributed by atoms with Crippen molar-refractivity contribution in [1.82, 2.24) is 4.98 Å². The molecule has 132 valence electrons. The molecule has 1 aliphatic rings. The van der Waals surface area contributed by atoms with Gasteiger partial charge in [0.05, 0.1) is 16.8 Å². The number of hydrogen-bond acceptors (Lipinski definition) is 5. The molecule has 0 amide bonds. The standard InChI is InChI=1S/C13H17BO4.C5H6N2/c1-12(2)13(3,4)18-14(17-12)10-7-5-9(6-8-10)11(15)16;6-5-3-1-2-4-7-5/h5-8H,1-4H3,(H,15,16);1-4H,(H2,6,7). The molecule has 1 aromatic carbocycles. The van der Waals surface area contributed by atoms with Crippen LogP contribution in [-0.2, 0) is 9.31 Å². The number of benzene rings is 1. The molecule has 0 spiro atoms. The molecule has 0 aliphatic carbocycles. The summed E-state index contributed by atoms with van der Waals surface area (Å²) < 4.78 is 11.8. The SMILES string of the molecule is CC1(C)OB(c2ccc(C(=O)O)cc2)OC1(C)C.Nc1ccccn1. The number of nitrogen functional groups attached to an aromatic ring is 1. The molecule has 6 nitrogen and oxygen atoms in total. The normalized spacial score (nSPS) is 17.5. The van der Waals surface area contributed by atoms with Crippen LogP contribution < -0.4 is 11.2 Å². The van der Waals surface area contributed by atoms with Crippen molar-refractivity contribution in [2.45, 2.75) is 38.9 Å². The van der Waals surface area contributed by atoms with Crippen LogP contribution in [0.3, 0.4) is 0 Å². The van der Waals surface area contributed by atoms with Crippen molar-refractivity contribution in [3.8, 4) is 0 Å². The van der Waals surface area contributed by atoms with Gasteiger partial charge in [0.1, 0.15) is 5.82 Å². The van der Waals surface area contributed by atoms with Crippen molar-refractivity contribution in [1.29, 1.82) is 0 Å². The van der Waals surface area contributed by atoms with E-state index in [9.17, 15) is 4.79 Å². The van der Waals surface area contributed by atoms with Gasteiger partial charge in [-0.15, -0.1) is 0 Å². The third-order valence-corrected chi connectivity index (χ3v) is 4.37. The first-order valence-electron chi connectivity index (χ1n) is 7.98. The lowest BCUT2D eigenvalue weighted by molar-refractivity contribution is 0.00578. The van der Waals surface area contributed by atoms with E-state index in [2.05, 4.69) is 4.98 Å². The molecule has 7 heteroatoms. The Morgan fingerprint density at radius 3 is 1.96 bits per heavy atom. The molecule has 3 rings (SSSR count). The molecular weight excluding hydrogens is 319 g/mol. The van der Waals surface area contributed by atoms with Gasteiger partial charge in [-0.05, 0) is 57.4 Å². The molecule has 0 bridgehead atoms. The largest absolute Gasteiger partial charge is 0.494 e. The first kappa shape index (κ1) is 19.0. The maximum absolute atomic E-state index is 10.8. The second-order valence-corrected chi connectivity index (χ2v) is 6.77. The number of pyridine rings is 1. The van der Waals surface area contributed by atoms with Gasteiger partial charge in [0.15, 0.2) is 0 Å². The van der Waals surface area contributed by atoms with Crippen LogP contribution >= 0.6 is 0 Å². The number of carbonyl (C=O) groups is 1. The summed E-state index contributed by atoms with van der Waals surface area (Å²) in [6.07, 6.45) is 1.66. The highest BCUT2D eigenvalue weighted by Crippen LogP contribution is 2.36. The Kier molecular flexibility index (Phi) is 5.50. The second kappa shape index (κ2) is 7.25. The highest BCUT2D eigenvalue weighted by molar-refractivity contribution is 6.62. The lowest BCUT2D eigenvalue weighted by Gasteiger charge is -2.32. The van der Waals surface area contributed by atoms with Gasteiger partial charge in [0, 0.05) is 6.20 Å². The van der Waals surface area contributed by atoms with Gasteiger partial charge in [-0.2, -0.15) is 0 Å². The van der Waals surface area contributed by atoms with Gasteiger partial charge in [-0.3, -0.25) is 0 Å². The van der Waals surface area contributed by atoms with Crippen molar-refractivity contribution in [3.05, 3.63) is 54.2 Å². The quantitative estimate of drug-likeness (QED) is 0.814. The topological polar surface area (TPSA) is 94.7 Å². The Morgan fingerprint density at radius 2 is 1.60 bits per heavy atom. The Labute approximate surface area is 148 Å². The van der Waals surface area contributed by atoms with Crippen LogP contribution in [0, 0.1) is 0 Å². The average Bonchev–Trinajstić information content (AvgIpc) is 2.77. The predicted molar refractivity (Wildman–Crippen MR) is 97.8 cm³/mol. The summed E-state index contributed by atoms with van der Waals surface area (Å²) in [5.74, 6) is -0.363. The summed E-state index contributed by atoms with van der Waals surface area (Å²) in [6.45, 7) is 7.94. The van der Waals surface area contributed by atoms with Crippen LogP contribution in [0.4, 0.5) is 5.82 Å². The van der Waals surface area contributed by atoms with Crippen molar-refractivity contribution in [3.63, 3.8) is 0 Å². The maximum Gasteiger partial charge on any atom is 0.494 e. The van der Waals surface area contributed by atoms with Gasteiger partial charge in [0.25, 0.3) is 0 Å². The van der Waals surface area contributed by atoms with Crippen LogP contribution in [0.1, 0.15) is 38.1 Å². The third-order valence-electron chi connectivity index (χ3n) is 4.37. The monoisotopic (exact) mass is 342 g/mol. The lowest BCUT2D eigenvalue weighted by Crippen LogP contribution is -2.41. The first-order chi connectivity index (χ1) is 11.6. The van der Waals surface area contributed by atoms with Gasteiger partial charge in [-0.25, -0.2) is 9.78 Å². The molecule has 2 heterocycles. The van der Waals surface area contributed by atoms with E-state index in [1.807, 2.05) is 39.8 Å². The average molecular weight is 342 g/mol. The fourth-order valence-corrected chi connectivity index (χ4v) is 2.14. The summed E-state index contributed by atoms with van der Waals surface area (Å²) in [7, 11) is -0.446. The van der Waals surface area contributed by atoms with Crippen LogP contribution in [-0.4, -0.2) is 34.4 Å². The zero-order valence-corrected chi connectivity index (χ0v) is 14.9. The minimum absolute atomic E-state index is 0.260. The van der Waals surface area contributed by atoms with Crippen LogP contribution in [0.2, 0.25) is 0 Å². The molecule has 1 aliphatic heterocycles. The third kappa shape index (κ3) is 4.58. The second-order valence-electron chi connectivity index (χ2n) is 6.77. The first-order valence-corrected chi connectivity index (χ1v) is 7.98. The fraction of sp³-hybridized carbons (Fsp3) is 0.333. The van der Waals surface area contributed by atoms with Crippen molar-refractivity contribution >= 4 is 24.4 Å². The van der Waals surface area contributed by atoms with Crippen molar-refractivity contribution in [2.24, 2.45) is 0 Å². The molecule has 0 radical (unpaired) electrons. The summed E-state index contributed by atoms with van der Waals surface area (Å²) in [4.78, 5) is 14.5.